The maximum atomic E-state index is 12.0. The van der Waals surface area contributed by atoms with Crippen LogP contribution in [0.25, 0.3) is 0 Å². The second-order valence-electron chi connectivity index (χ2n) is 5.01. The van der Waals surface area contributed by atoms with Gasteiger partial charge < -0.3 is 9.73 Å². The highest BCUT2D eigenvalue weighted by atomic mass is 16.3. The quantitative estimate of drug-likeness (QED) is 0.889. The number of furan rings is 1. The summed E-state index contributed by atoms with van der Waals surface area (Å²) in [5.74, 6) is 1.69. The molecule has 0 aromatic carbocycles. The summed E-state index contributed by atoms with van der Waals surface area (Å²) in [4.78, 5) is 12.0. The molecule has 0 unspecified atom stereocenters. The van der Waals surface area contributed by atoms with E-state index in [0.29, 0.717) is 11.6 Å². The van der Waals surface area contributed by atoms with Crippen LogP contribution in [-0.2, 0) is 0 Å². The minimum atomic E-state index is -0.204. The van der Waals surface area contributed by atoms with Crippen molar-refractivity contribution in [2.45, 2.75) is 39.7 Å². The number of carbonyl (C=O) groups excluding carboxylic acids is 1. The molecule has 1 amide bonds. The molecule has 102 valence electrons. The number of H-pyrrole nitrogens is 1. The lowest BCUT2D eigenvalue weighted by Gasteiger charge is -2.09. The average molecular weight is 261 g/mol. The Morgan fingerprint density at radius 1 is 1.37 bits per heavy atom. The summed E-state index contributed by atoms with van der Waals surface area (Å²) in [6.07, 6.45) is 0. The lowest BCUT2D eigenvalue weighted by atomic mass is 10.1. The lowest BCUT2D eigenvalue weighted by Crippen LogP contribution is -2.26. The Hall–Kier alpha value is -2.04. The van der Waals surface area contributed by atoms with Crippen LogP contribution in [0.4, 0.5) is 0 Å². The van der Waals surface area contributed by atoms with Crippen LogP contribution in [0.1, 0.15) is 60.4 Å². The first-order chi connectivity index (χ1) is 8.97. The first-order valence-corrected chi connectivity index (χ1v) is 6.40. The molecule has 0 radical (unpaired) electrons. The molecule has 2 aromatic rings. The molecule has 2 heterocycles. The number of aromatic amines is 1. The fraction of sp³-hybridized carbons (Fsp3) is 0.429. The Morgan fingerprint density at radius 3 is 2.63 bits per heavy atom. The van der Waals surface area contributed by atoms with Crippen LogP contribution in [-0.4, -0.2) is 16.1 Å². The summed E-state index contributed by atoms with van der Waals surface area (Å²) in [7, 11) is 0. The topological polar surface area (TPSA) is 70.9 Å². The molecule has 0 spiro atoms. The van der Waals surface area contributed by atoms with E-state index in [1.165, 1.54) is 0 Å². The van der Waals surface area contributed by atoms with E-state index < -0.39 is 0 Å². The first kappa shape index (κ1) is 13.4. The number of hydrogen-bond acceptors (Lipinski definition) is 3. The normalized spacial score (nSPS) is 12.7. The van der Waals surface area contributed by atoms with Gasteiger partial charge >= 0.3 is 0 Å². The van der Waals surface area contributed by atoms with Crippen LogP contribution in [0.2, 0.25) is 0 Å². The molecule has 5 nitrogen and oxygen atoms in total. The van der Waals surface area contributed by atoms with Crippen molar-refractivity contribution in [3.63, 3.8) is 0 Å². The summed E-state index contributed by atoms with van der Waals surface area (Å²) in [6, 6.07) is 5.34. The SMILES string of the molecule is Cc1ccc([C@H](C)NC(=O)c2cc(C(C)C)[nH]n2)o1. The highest BCUT2D eigenvalue weighted by Crippen LogP contribution is 2.17. The van der Waals surface area contributed by atoms with Crippen LogP contribution in [0.3, 0.4) is 0 Å². The fourth-order valence-corrected chi connectivity index (χ4v) is 1.78. The number of hydrogen-bond donors (Lipinski definition) is 2. The third kappa shape index (κ3) is 3.05. The van der Waals surface area contributed by atoms with Crippen molar-refractivity contribution in [2.24, 2.45) is 0 Å². The summed E-state index contributed by atoms with van der Waals surface area (Å²) in [5.41, 5.74) is 1.35. The van der Waals surface area contributed by atoms with Gasteiger partial charge in [-0.3, -0.25) is 9.89 Å². The second kappa shape index (κ2) is 5.30. The van der Waals surface area contributed by atoms with Crippen molar-refractivity contribution in [3.8, 4) is 0 Å². The number of aromatic nitrogens is 2. The van der Waals surface area contributed by atoms with Gasteiger partial charge in [-0.05, 0) is 38.0 Å². The summed E-state index contributed by atoms with van der Waals surface area (Å²) in [6.45, 7) is 7.85. The van der Waals surface area contributed by atoms with E-state index in [-0.39, 0.29) is 11.9 Å². The van der Waals surface area contributed by atoms with Gasteiger partial charge in [-0.1, -0.05) is 13.8 Å². The van der Waals surface area contributed by atoms with Gasteiger partial charge in [0.25, 0.3) is 5.91 Å². The number of rotatable bonds is 4. The van der Waals surface area contributed by atoms with Crippen molar-refractivity contribution in [1.29, 1.82) is 0 Å². The molecule has 0 saturated carbocycles. The first-order valence-electron chi connectivity index (χ1n) is 6.40. The van der Waals surface area contributed by atoms with E-state index in [1.54, 1.807) is 6.07 Å². The van der Waals surface area contributed by atoms with Crippen LogP contribution in [0, 0.1) is 6.92 Å². The average Bonchev–Trinajstić information content (AvgIpc) is 2.96. The molecule has 0 aliphatic carbocycles. The van der Waals surface area contributed by atoms with Crippen molar-refractivity contribution < 1.29 is 9.21 Å². The van der Waals surface area contributed by atoms with Gasteiger partial charge in [0.15, 0.2) is 0 Å². The minimum absolute atomic E-state index is 0.180. The summed E-state index contributed by atoms with van der Waals surface area (Å²) >= 11 is 0. The summed E-state index contributed by atoms with van der Waals surface area (Å²) < 4.78 is 5.48. The van der Waals surface area contributed by atoms with E-state index >= 15 is 0 Å². The van der Waals surface area contributed by atoms with Crippen LogP contribution in [0.5, 0.6) is 0 Å². The molecule has 0 bridgehead atoms. The predicted octanol–water partition coefficient (Wildman–Crippen LogP) is 2.93. The van der Waals surface area contributed by atoms with Crippen molar-refractivity contribution >= 4 is 5.91 Å². The Labute approximate surface area is 112 Å². The molecule has 1 atom stereocenters. The number of amides is 1. The van der Waals surface area contributed by atoms with Crippen LogP contribution in [0.15, 0.2) is 22.6 Å². The molecule has 5 heteroatoms. The molecule has 2 aromatic heterocycles. The van der Waals surface area contributed by atoms with Crippen LogP contribution < -0.4 is 5.32 Å². The summed E-state index contributed by atoms with van der Waals surface area (Å²) in [5, 5.41) is 9.75. The fourth-order valence-electron chi connectivity index (χ4n) is 1.78. The van der Waals surface area contributed by atoms with Crippen LogP contribution >= 0.6 is 0 Å². The van der Waals surface area contributed by atoms with Gasteiger partial charge in [0.05, 0.1) is 6.04 Å². The molecule has 0 fully saturated rings. The van der Waals surface area contributed by atoms with Gasteiger partial charge in [-0.25, -0.2) is 0 Å². The van der Waals surface area contributed by atoms with Gasteiger partial charge in [0.1, 0.15) is 17.2 Å². The van der Waals surface area contributed by atoms with Gasteiger partial charge in [-0.15, -0.1) is 0 Å². The molecular formula is C14H19N3O2. The maximum Gasteiger partial charge on any atom is 0.272 e. The van der Waals surface area contributed by atoms with Crippen molar-refractivity contribution in [1.82, 2.24) is 15.5 Å². The molecular weight excluding hydrogens is 242 g/mol. The Morgan fingerprint density at radius 2 is 2.11 bits per heavy atom. The van der Waals surface area contributed by atoms with E-state index in [1.807, 2.05) is 39.8 Å². The zero-order valence-corrected chi connectivity index (χ0v) is 11.7. The number of nitrogens with one attached hydrogen (secondary N) is 2. The van der Waals surface area contributed by atoms with Crippen molar-refractivity contribution in [2.75, 3.05) is 0 Å². The molecule has 0 aliphatic rings. The maximum absolute atomic E-state index is 12.0. The number of carbonyl (C=O) groups is 1. The largest absolute Gasteiger partial charge is 0.464 e. The van der Waals surface area contributed by atoms with E-state index in [9.17, 15) is 4.79 Å². The number of aryl methyl sites for hydroxylation is 1. The smallest absolute Gasteiger partial charge is 0.272 e. The standard InChI is InChI=1S/C14H19N3O2/c1-8(2)11-7-12(17-16-11)14(18)15-10(4)13-6-5-9(3)19-13/h5-8,10H,1-4H3,(H,15,18)(H,16,17)/t10-/m0/s1. The molecule has 0 aliphatic heterocycles. The lowest BCUT2D eigenvalue weighted by molar-refractivity contribution is 0.0930. The predicted molar refractivity (Wildman–Crippen MR) is 72.0 cm³/mol. The Balaban J connectivity index is 2.04. The molecule has 19 heavy (non-hydrogen) atoms. The van der Waals surface area contributed by atoms with Gasteiger partial charge in [-0.2, -0.15) is 5.10 Å². The Kier molecular flexibility index (Phi) is 3.74. The monoisotopic (exact) mass is 261 g/mol. The van der Waals surface area contributed by atoms with Gasteiger partial charge in [0.2, 0.25) is 0 Å². The highest BCUT2D eigenvalue weighted by molar-refractivity contribution is 5.92. The highest BCUT2D eigenvalue weighted by Gasteiger charge is 2.17. The molecule has 0 saturated heterocycles. The third-order valence-corrected chi connectivity index (χ3v) is 2.99. The minimum Gasteiger partial charge on any atom is -0.464 e. The van der Waals surface area contributed by atoms with E-state index in [4.69, 9.17) is 4.42 Å². The number of nitrogens with zero attached hydrogens (tertiary/aromatic N) is 1. The second-order valence-corrected chi connectivity index (χ2v) is 5.01. The zero-order valence-electron chi connectivity index (χ0n) is 11.7. The zero-order chi connectivity index (χ0) is 14.0. The molecule has 2 rings (SSSR count). The van der Waals surface area contributed by atoms with Crippen molar-refractivity contribution in [3.05, 3.63) is 41.1 Å². The van der Waals surface area contributed by atoms with Gasteiger partial charge in [0, 0.05) is 5.69 Å². The molecule has 2 N–H and O–H groups in total. The van der Waals surface area contributed by atoms with E-state index in [2.05, 4.69) is 15.5 Å². The third-order valence-electron chi connectivity index (χ3n) is 2.99. The van der Waals surface area contributed by atoms with E-state index in [0.717, 1.165) is 17.2 Å². The Bertz CT molecular complexity index is 569.